The number of hydrogen-bond donors (Lipinski definition) is 1. The molecule has 25 heavy (non-hydrogen) atoms. The maximum Gasteiger partial charge on any atom is 0.253 e. The van der Waals surface area contributed by atoms with Crippen molar-refractivity contribution in [2.24, 2.45) is 5.41 Å². The number of carbonyl (C=O) groups excluding carboxylic acids is 1. The molecule has 1 aliphatic heterocycles. The fraction of sp³-hybridized carbons (Fsp3) is 0.450. The van der Waals surface area contributed by atoms with Crippen LogP contribution in [-0.2, 0) is 6.54 Å². The number of hydrogen-bond acceptors (Lipinski definition) is 4. The van der Waals surface area contributed by atoms with Crippen molar-refractivity contribution in [1.82, 2.24) is 20.2 Å². The molecule has 2 aromatic rings. The van der Waals surface area contributed by atoms with Crippen molar-refractivity contribution in [2.75, 3.05) is 13.1 Å². The minimum Gasteiger partial charge on any atom is -0.349 e. The van der Waals surface area contributed by atoms with Crippen LogP contribution in [0.25, 0.3) is 0 Å². The lowest BCUT2D eigenvalue weighted by Crippen LogP contribution is -2.54. The summed E-state index contributed by atoms with van der Waals surface area (Å²) in [5, 5.41) is 3.16. The van der Waals surface area contributed by atoms with Gasteiger partial charge in [0, 0.05) is 37.4 Å². The van der Waals surface area contributed by atoms with Crippen LogP contribution >= 0.6 is 0 Å². The Morgan fingerprint density at radius 1 is 1.12 bits per heavy atom. The van der Waals surface area contributed by atoms with Gasteiger partial charge in [0.1, 0.15) is 0 Å². The number of carbonyl (C=O) groups is 1. The Labute approximate surface area is 148 Å². The van der Waals surface area contributed by atoms with Gasteiger partial charge in [-0.25, -0.2) is 0 Å². The first-order valence-electron chi connectivity index (χ1n) is 9.05. The Hall–Kier alpha value is -2.27. The zero-order valence-electron chi connectivity index (χ0n) is 14.4. The van der Waals surface area contributed by atoms with E-state index < -0.39 is 0 Å². The predicted octanol–water partition coefficient (Wildman–Crippen LogP) is 2.65. The molecule has 1 aliphatic carbocycles. The van der Waals surface area contributed by atoms with E-state index in [-0.39, 0.29) is 5.91 Å². The Morgan fingerprint density at radius 2 is 1.88 bits per heavy atom. The van der Waals surface area contributed by atoms with Gasteiger partial charge in [-0.3, -0.25) is 19.7 Å². The first-order valence-corrected chi connectivity index (χ1v) is 9.05. The molecule has 0 aromatic carbocycles. The summed E-state index contributed by atoms with van der Waals surface area (Å²) in [6, 6.07) is 8.12. The summed E-state index contributed by atoms with van der Waals surface area (Å²) in [5.41, 5.74) is 2.43. The van der Waals surface area contributed by atoms with Gasteiger partial charge >= 0.3 is 0 Å². The zero-order valence-corrected chi connectivity index (χ0v) is 14.4. The van der Waals surface area contributed by atoms with Gasteiger partial charge in [0.15, 0.2) is 0 Å². The molecule has 4 rings (SSSR count). The van der Waals surface area contributed by atoms with Crippen LogP contribution in [0, 0.1) is 5.41 Å². The van der Waals surface area contributed by atoms with E-state index in [1.54, 1.807) is 18.5 Å². The number of nitrogens with zero attached hydrogens (tertiary/aromatic N) is 3. The zero-order chi connectivity index (χ0) is 17.1. The minimum absolute atomic E-state index is 0.00285. The summed E-state index contributed by atoms with van der Waals surface area (Å²) < 4.78 is 0. The molecule has 0 bridgehead atoms. The first-order chi connectivity index (χ1) is 12.2. The van der Waals surface area contributed by atoms with Crippen molar-refractivity contribution in [3.05, 3.63) is 60.2 Å². The van der Waals surface area contributed by atoms with E-state index in [0.29, 0.717) is 17.0 Å². The average molecular weight is 336 g/mol. The van der Waals surface area contributed by atoms with Crippen LogP contribution in [0.4, 0.5) is 0 Å². The fourth-order valence-electron chi connectivity index (χ4n) is 4.19. The number of aromatic nitrogens is 2. The standard InChI is InChI=1S/C20H24N4O/c25-19(17-2-1-7-22-14-17)23-18-12-20(13-18)5-10-24(11-6-20)15-16-3-8-21-9-4-16/h1-4,7-9,14,18H,5-6,10-13,15H2,(H,23,25). The molecular formula is C20H24N4O. The summed E-state index contributed by atoms with van der Waals surface area (Å²) in [6.07, 6.45) is 11.7. The van der Waals surface area contributed by atoms with E-state index in [9.17, 15) is 4.79 Å². The molecule has 1 saturated heterocycles. The quantitative estimate of drug-likeness (QED) is 0.932. The monoisotopic (exact) mass is 336 g/mol. The van der Waals surface area contributed by atoms with E-state index in [0.717, 1.165) is 32.5 Å². The van der Waals surface area contributed by atoms with Crippen LogP contribution in [0.1, 0.15) is 41.6 Å². The van der Waals surface area contributed by atoms with Crippen molar-refractivity contribution in [2.45, 2.75) is 38.3 Å². The Bertz CT molecular complexity index is 703. The summed E-state index contributed by atoms with van der Waals surface area (Å²) in [7, 11) is 0. The summed E-state index contributed by atoms with van der Waals surface area (Å²) in [6.45, 7) is 3.30. The first kappa shape index (κ1) is 16.2. The van der Waals surface area contributed by atoms with E-state index in [2.05, 4.69) is 32.3 Å². The molecule has 0 unspecified atom stereocenters. The minimum atomic E-state index is 0.00285. The number of nitrogens with one attached hydrogen (secondary N) is 1. The average Bonchev–Trinajstić information content (AvgIpc) is 2.63. The number of piperidine rings is 1. The number of likely N-dealkylation sites (tertiary alicyclic amines) is 1. The molecule has 130 valence electrons. The number of pyridine rings is 2. The Kier molecular flexibility index (Phi) is 4.49. The maximum atomic E-state index is 12.2. The van der Waals surface area contributed by atoms with E-state index in [1.165, 1.54) is 18.4 Å². The van der Waals surface area contributed by atoms with Crippen molar-refractivity contribution < 1.29 is 4.79 Å². The molecule has 0 atom stereocenters. The maximum absolute atomic E-state index is 12.2. The van der Waals surface area contributed by atoms with Crippen molar-refractivity contribution in [3.63, 3.8) is 0 Å². The molecule has 5 nitrogen and oxygen atoms in total. The molecule has 2 aromatic heterocycles. The van der Waals surface area contributed by atoms with Crippen molar-refractivity contribution in [1.29, 1.82) is 0 Å². The van der Waals surface area contributed by atoms with E-state index in [4.69, 9.17) is 0 Å². The summed E-state index contributed by atoms with van der Waals surface area (Å²) >= 11 is 0. The Morgan fingerprint density at radius 3 is 2.56 bits per heavy atom. The van der Waals surface area contributed by atoms with Crippen LogP contribution in [-0.4, -0.2) is 39.9 Å². The summed E-state index contributed by atoms with van der Waals surface area (Å²) in [4.78, 5) is 22.8. The normalized spacial score (nSPS) is 20.2. The highest BCUT2D eigenvalue weighted by Crippen LogP contribution is 2.49. The molecule has 1 N–H and O–H groups in total. The third-order valence-electron chi connectivity index (χ3n) is 5.69. The Balaban J connectivity index is 1.23. The lowest BCUT2D eigenvalue weighted by molar-refractivity contribution is 0.00466. The van der Waals surface area contributed by atoms with E-state index in [1.807, 2.05) is 18.5 Å². The second kappa shape index (κ2) is 6.92. The lowest BCUT2D eigenvalue weighted by atomic mass is 9.60. The van der Waals surface area contributed by atoms with Gasteiger partial charge in [0.05, 0.1) is 5.56 Å². The third-order valence-corrected chi connectivity index (χ3v) is 5.69. The van der Waals surface area contributed by atoms with E-state index >= 15 is 0 Å². The summed E-state index contributed by atoms with van der Waals surface area (Å²) in [5.74, 6) is 0.00285. The topological polar surface area (TPSA) is 58.1 Å². The van der Waals surface area contributed by atoms with Crippen LogP contribution in [0.5, 0.6) is 0 Å². The molecule has 3 heterocycles. The molecule has 1 amide bonds. The van der Waals surface area contributed by atoms with Crippen molar-refractivity contribution in [3.8, 4) is 0 Å². The SMILES string of the molecule is O=C(NC1CC2(CCN(Cc3ccncc3)CC2)C1)c1cccnc1. The number of amides is 1. The van der Waals surface area contributed by atoms with Gasteiger partial charge in [-0.2, -0.15) is 0 Å². The highest BCUT2D eigenvalue weighted by atomic mass is 16.1. The van der Waals surface area contributed by atoms with Gasteiger partial charge in [0.25, 0.3) is 5.91 Å². The highest BCUT2D eigenvalue weighted by molar-refractivity contribution is 5.94. The van der Waals surface area contributed by atoms with Gasteiger partial charge in [-0.15, -0.1) is 0 Å². The van der Waals surface area contributed by atoms with Crippen LogP contribution < -0.4 is 5.32 Å². The highest BCUT2D eigenvalue weighted by Gasteiger charge is 2.46. The van der Waals surface area contributed by atoms with Crippen molar-refractivity contribution >= 4 is 5.91 Å². The molecule has 1 spiro atoms. The lowest BCUT2D eigenvalue weighted by Gasteiger charge is -2.52. The second-order valence-corrected chi connectivity index (χ2v) is 7.45. The van der Waals surface area contributed by atoms with Gasteiger partial charge in [0.2, 0.25) is 0 Å². The molecule has 2 fully saturated rings. The van der Waals surface area contributed by atoms with Gasteiger partial charge < -0.3 is 5.32 Å². The van der Waals surface area contributed by atoms with Crippen LogP contribution in [0.2, 0.25) is 0 Å². The van der Waals surface area contributed by atoms with Crippen LogP contribution in [0.3, 0.4) is 0 Å². The number of rotatable bonds is 4. The smallest absolute Gasteiger partial charge is 0.253 e. The molecule has 0 radical (unpaired) electrons. The molecule has 5 heteroatoms. The molecular weight excluding hydrogens is 312 g/mol. The molecule has 1 saturated carbocycles. The largest absolute Gasteiger partial charge is 0.349 e. The second-order valence-electron chi connectivity index (χ2n) is 7.45. The van der Waals surface area contributed by atoms with Crippen LogP contribution in [0.15, 0.2) is 49.1 Å². The predicted molar refractivity (Wildman–Crippen MR) is 95.9 cm³/mol. The third kappa shape index (κ3) is 3.71. The fourth-order valence-corrected chi connectivity index (χ4v) is 4.19. The molecule has 2 aliphatic rings. The van der Waals surface area contributed by atoms with Gasteiger partial charge in [-0.1, -0.05) is 0 Å². The van der Waals surface area contributed by atoms with Gasteiger partial charge in [-0.05, 0) is 74.0 Å².